The quantitative estimate of drug-likeness (QED) is 0.0858. The molecule has 0 aromatic heterocycles. The van der Waals surface area contributed by atoms with E-state index in [0.717, 1.165) is 27.8 Å². The van der Waals surface area contributed by atoms with Crippen molar-refractivity contribution in [3.05, 3.63) is 171 Å². The predicted octanol–water partition coefficient (Wildman–Crippen LogP) is 14.4. The SMILES string of the molecule is CC(C)c1cc(Oc2c(Br)cc(CC(=O)O)cc2Br)c(Cc2ccccc2)cc1O.COc1cc(C(=O)c2cccc(C)c2)c(Oc2c(Br)cc(CC(=O)O)cc2Br)cc1C(C)C. The minimum atomic E-state index is -0.926. The standard InChI is InChI=1S/C26H24Br2O5.C24H22Br2O4/c1-14(2)18-12-23(33-26-20(27)9-16(10-21(26)28)11-24(29)30)19(13-22(18)32-4)25(31)17-7-5-6-15(3)8-17;1-14(2)18-13-22(17(12-21(18)27)8-15-6-4-3-5-7-15)30-24-19(25)9-16(10-20(24)26)11-23(28)29/h5-10,12-14H,11H2,1-4H3,(H,29,30);3-7,9-10,12-14,27H,8,11H2,1-2H3,(H,28,29). The van der Waals surface area contributed by atoms with Crippen LogP contribution in [0, 0.1) is 6.92 Å². The summed E-state index contributed by atoms with van der Waals surface area (Å²) >= 11 is 14.0. The highest BCUT2D eigenvalue weighted by Crippen LogP contribution is 2.44. The van der Waals surface area contributed by atoms with Crippen LogP contribution in [-0.4, -0.2) is 40.2 Å². The largest absolute Gasteiger partial charge is 0.508 e. The van der Waals surface area contributed by atoms with Gasteiger partial charge in [-0.15, -0.1) is 0 Å². The Morgan fingerprint density at radius 1 is 0.587 bits per heavy atom. The van der Waals surface area contributed by atoms with Gasteiger partial charge < -0.3 is 29.5 Å². The summed E-state index contributed by atoms with van der Waals surface area (Å²) < 4.78 is 20.6. The molecule has 328 valence electrons. The molecule has 0 aliphatic heterocycles. The zero-order chi connectivity index (χ0) is 46.1. The Kier molecular flexibility index (Phi) is 17.2. The molecule has 0 bridgehead atoms. The van der Waals surface area contributed by atoms with Crippen molar-refractivity contribution >= 4 is 81.4 Å². The van der Waals surface area contributed by atoms with Gasteiger partial charge in [0, 0.05) is 28.7 Å². The van der Waals surface area contributed by atoms with E-state index in [0.29, 0.717) is 75.3 Å². The lowest BCUT2D eigenvalue weighted by Crippen LogP contribution is -2.07. The number of methoxy groups -OCH3 is 1. The zero-order valence-corrected chi connectivity index (χ0v) is 41.7. The first-order valence-corrected chi connectivity index (χ1v) is 23.0. The Bertz CT molecular complexity index is 2600. The van der Waals surface area contributed by atoms with Crippen molar-refractivity contribution in [1.82, 2.24) is 0 Å². The lowest BCUT2D eigenvalue weighted by atomic mass is 9.95. The Balaban J connectivity index is 0.000000239. The Morgan fingerprint density at radius 2 is 1.10 bits per heavy atom. The van der Waals surface area contributed by atoms with Gasteiger partial charge in [0.25, 0.3) is 0 Å². The number of carboxylic acids is 2. The molecule has 0 saturated carbocycles. The maximum atomic E-state index is 13.5. The number of aryl methyl sites for hydroxylation is 1. The summed E-state index contributed by atoms with van der Waals surface area (Å²) in [6, 6.07) is 31.4. The summed E-state index contributed by atoms with van der Waals surface area (Å²) in [7, 11) is 1.58. The van der Waals surface area contributed by atoms with E-state index in [1.807, 2.05) is 95.3 Å². The molecule has 0 spiro atoms. The highest BCUT2D eigenvalue weighted by Gasteiger charge is 2.23. The van der Waals surface area contributed by atoms with Crippen molar-refractivity contribution < 1.29 is 43.9 Å². The maximum absolute atomic E-state index is 13.5. The first-order valence-electron chi connectivity index (χ1n) is 19.8. The van der Waals surface area contributed by atoms with Gasteiger partial charge in [-0.25, -0.2) is 0 Å². The van der Waals surface area contributed by atoms with Gasteiger partial charge in [0.15, 0.2) is 17.3 Å². The lowest BCUT2D eigenvalue weighted by molar-refractivity contribution is -0.137. The third kappa shape index (κ3) is 13.1. The van der Waals surface area contributed by atoms with Gasteiger partial charge in [-0.1, -0.05) is 81.8 Å². The summed E-state index contributed by atoms with van der Waals surface area (Å²) in [5.41, 5.74) is 6.84. The number of ether oxygens (including phenoxy) is 3. The van der Waals surface area contributed by atoms with Crippen molar-refractivity contribution in [3.63, 3.8) is 0 Å². The fraction of sp³-hybridized carbons (Fsp3) is 0.220. The first-order chi connectivity index (χ1) is 29.8. The van der Waals surface area contributed by atoms with Crippen molar-refractivity contribution in [2.45, 2.75) is 65.7 Å². The first kappa shape index (κ1) is 49.1. The maximum Gasteiger partial charge on any atom is 0.307 e. The van der Waals surface area contributed by atoms with Crippen LogP contribution in [0.5, 0.6) is 34.5 Å². The zero-order valence-electron chi connectivity index (χ0n) is 35.4. The Hall–Kier alpha value is -4.95. The van der Waals surface area contributed by atoms with E-state index in [1.165, 1.54) is 0 Å². The van der Waals surface area contributed by atoms with Crippen LogP contribution in [-0.2, 0) is 28.9 Å². The molecule has 0 aliphatic rings. The summed E-state index contributed by atoms with van der Waals surface area (Å²) in [4.78, 5) is 35.6. The molecule has 0 unspecified atom stereocenters. The molecule has 6 rings (SSSR count). The number of benzene rings is 6. The molecule has 0 fully saturated rings. The normalized spacial score (nSPS) is 10.9. The van der Waals surface area contributed by atoms with Gasteiger partial charge in [0.05, 0.1) is 43.4 Å². The van der Waals surface area contributed by atoms with Crippen molar-refractivity contribution in [1.29, 1.82) is 0 Å². The monoisotopic (exact) mass is 1110 g/mol. The Morgan fingerprint density at radius 3 is 1.57 bits per heavy atom. The molecule has 0 amide bonds. The number of phenolic OH excluding ortho intramolecular Hbond substituents is 1. The average Bonchev–Trinajstić information content (AvgIpc) is 3.20. The Labute approximate surface area is 401 Å². The molecule has 0 radical (unpaired) electrons. The second-order valence-electron chi connectivity index (χ2n) is 15.4. The molecule has 13 heteroatoms. The third-order valence-corrected chi connectivity index (χ3v) is 12.2. The molecular formula is C50H46Br4O9. The molecule has 0 aliphatic carbocycles. The molecule has 0 saturated heterocycles. The van der Waals surface area contributed by atoms with Crippen LogP contribution < -0.4 is 14.2 Å². The highest BCUT2D eigenvalue weighted by molar-refractivity contribution is 9.11. The molecule has 63 heavy (non-hydrogen) atoms. The van der Waals surface area contributed by atoms with Crippen LogP contribution in [0.2, 0.25) is 0 Å². The van der Waals surface area contributed by atoms with Crippen molar-refractivity contribution in [2.24, 2.45) is 0 Å². The lowest BCUT2D eigenvalue weighted by Gasteiger charge is -2.19. The van der Waals surface area contributed by atoms with Crippen LogP contribution in [0.15, 0.2) is 121 Å². The highest BCUT2D eigenvalue weighted by atomic mass is 79.9. The molecular weight excluding hydrogens is 1060 g/mol. The van der Waals surface area contributed by atoms with E-state index >= 15 is 0 Å². The summed E-state index contributed by atoms with van der Waals surface area (Å²) in [6.45, 7) is 10.0. The average molecular weight is 1110 g/mol. The van der Waals surface area contributed by atoms with E-state index < -0.39 is 11.9 Å². The molecule has 3 N–H and O–H groups in total. The van der Waals surface area contributed by atoms with Crippen LogP contribution in [0.25, 0.3) is 0 Å². The van der Waals surface area contributed by atoms with E-state index in [-0.39, 0.29) is 36.2 Å². The number of carbonyl (C=O) groups is 3. The predicted molar refractivity (Wildman–Crippen MR) is 260 cm³/mol. The second kappa shape index (κ2) is 22.1. The molecule has 0 atom stereocenters. The van der Waals surface area contributed by atoms with Crippen LogP contribution in [0.1, 0.15) is 94.4 Å². The van der Waals surface area contributed by atoms with Gasteiger partial charge in [-0.2, -0.15) is 0 Å². The minimum Gasteiger partial charge on any atom is -0.508 e. The number of carboxylic acid groups (broad SMARTS) is 2. The molecule has 0 heterocycles. The molecule has 9 nitrogen and oxygen atoms in total. The van der Waals surface area contributed by atoms with Crippen LogP contribution >= 0.6 is 63.7 Å². The molecule has 6 aromatic carbocycles. The number of hydrogen-bond acceptors (Lipinski definition) is 7. The van der Waals surface area contributed by atoms with Crippen LogP contribution in [0.4, 0.5) is 0 Å². The molecule has 6 aromatic rings. The van der Waals surface area contributed by atoms with Gasteiger partial charge in [0.1, 0.15) is 23.0 Å². The minimum absolute atomic E-state index is 0.0759. The number of halogens is 4. The summed E-state index contributed by atoms with van der Waals surface area (Å²) in [5.74, 6) is 1.15. The topological polar surface area (TPSA) is 140 Å². The van der Waals surface area contributed by atoms with Gasteiger partial charge in [-0.3, -0.25) is 14.4 Å². The second-order valence-corrected chi connectivity index (χ2v) is 18.8. The number of rotatable bonds is 15. The third-order valence-electron chi connectivity index (χ3n) is 9.80. The number of carbonyl (C=O) groups excluding carboxylic acids is 1. The van der Waals surface area contributed by atoms with Crippen molar-refractivity contribution in [3.8, 4) is 34.5 Å². The fourth-order valence-electron chi connectivity index (χ4n) is 6.74. The van der Waals surface area contributed by atoms with Crippen LogP contribution in [0.3, 0.4) is 0 Å². The van der Waals surface area contributed by atoms with Gasteiger partial charge in [0.2, 0.25) is 0 Å². The number of aromatic hydroxyl groups is 1. The van der Waals surface area contributed by atoms with Crippen molar-refractivity contribution in [2.75, 3.05) is 7.11 Å². The van der Waals surface area contributed by atoms with E-state index in [1.54, 1.807) is 49.6 Å². The number of ketones is 1. The smallest absolute Gasteiger partial charge is 0.307 e. The van der Waals surface area contributed by atoms with Gasteiger partial charge in [-0.05, 0) is 154 Å². The van der Waals surface area contributed by atoms with E-state index in [2.05, 4.69) is 63.7 Å². The van der Waals surface area contributed by atoms with E-state index in [4.69, 9.17) is 24.4 Å². The van der Waals surface area contributed by atoms with E-state index in [9.17, 15) is 19.5 Å². The number of phenols is 1. The number of hydrogen-bond donors (Lipinski definition) is 3. The summed E-state index contributed by atoms with van der Waals surface area (Å²) in [5, 5.41) is 28.7. The fourth-order valence-corrected chi connectivity index (χ4v) is 9.63. The van der Waals surface area contributed by atoms with Gasteiger partial charge >= 0.3 is 11.9 Å². The number of aliphatic carboxylic acids is 2. The summed E-state index contributed by atoms with van der Waals surface area (Å²) in [6.07, 6.45) is 0.413.